The first-order valence-electron chi connectivity index (χ1n) is 13.5. The molecule has 0 amide bonds. The van der Waals surface area contributed by atoms with Crippen LogP contribution in [0.3, 0.4) is 0 Å². The van der Waals surface area contributed by atoms with Crippen LogP contribution < -0.4 is 0 Å². The van der Waals surface area contributed by atoms with E-state index < -0.39 is 7.82 Å². The minimum absolute atomic E-state index is 0.0589. The Morgan fingerprint density at radius 2 is 1.21 bits per heavy atom. The average molecular weight is 493 g/mol. The zero-order chi connectivity index (χ0) is 24.7. The third-order valence-electron chi connectivity index (χ3n) is 6.06. The largest absolute Gasteiger partial charge is 0.469 e. The van der Waals surface area contributed by atoms with Gasteiger partial charge >= 0.3 is 7.82 Å². The topological polar surface area (TPSA) is 76.0 Å². The molecule has 0 atom stereocenters. The molecule has 198 valence electrons. The number of rotatable bonds is 20. The van der Waals surface area contributed by atoms with E-state index in [-0.39, 0.29) is 13.2 Å². The van der Waals surface area contributed by atoms with Gasteiger partial charge in [0.25, 0.3) is 0 Å². The fourth-order valence-electron chi connectivity index (χ4n) is 3.96. The Balaban J connectivity index is 0.00000123. The van der Waals surface area contributed by atoms with Gasteiger partial charge in [-0.3, -0.25) is 4.52 Å². The van der Waals surface area contributed by atoms with Gasteiger partial charge in [0.05, 0.1) is 40.4 Å². The first-order valence-corrected chi connectivity index (χ1v) is 15.0. The molecule has 0 aromatic heterocycles. The Hall–Kier alpha value is -0.230. The van der Waals surface area contributed by atoms with Crippen LogP contribution in [0.25, 0.3) is 0 Å². The molecule has 0 radical (unpaired) electrons. The van der Waals surface area contributed by atoms with Gasteiger partial charge in [0.15, 0.2) is 0 Å². The fourth-order valence-corrected chi connectivity index (χ4v) is 4.27. The zero-order valence-corrected chi connectivity index (χ0v) is 22.9. The van der Waals surface area contributed by atoms with Crippen molar-refractivity contribution in [3.63, 3.8) is 0 Å². The van der Waals surface area contributed by atoms with Crippen LogP contribution in [-0.2, 0) is 13.8 Å². The van der Waals surface area contributed by atoms with Crippen molar-refractivity contribution >= 4 is 7.82 Å². The number of phosphoric acid groups is 1. The molecule has 0 saturated carbocycles. The highest BCUT2D eigenvalue weighted by Crippen LogP contribution is 2.35. The van der Waals surface area contributed by atoms with Crippen LogP contribution in [0.2, 0.25) is 0 Å². The summed E-state index contributed by atoms with van der Waals surface area (Å²) in [6.45, 7) is 5.84. The van der Waals surface area contributed by atoms with Crippen molar-refractivity contribution in [1.29, 1.82) is 0 Å². The monoisotopic (exact) mass is 492 g/mol. The summed E-state index contributed by atoms with van der Waals surface area (Å²) in [6, 6.07) is 0. The Morgan fingerprint density at radius 1 is 0.727 bits per heavy atom. The summed E-state index contributed by atoms with van der Waals surface area (Å²) in [5.74, 6) is 0. The van der Waals surface area contributed by atoms with Crippen LogP contribution in [0, 0.1) is 0 Å². The molecule has 0 spiro atoms. The molecular weight excluding hydrogens is 437 g/mol. The van der Waals surface area contributed by atoms with Gasteiger partial charge in [-0.25, -0.2) is 4.57 Å². The normalized spacial score (nSPS) is 15.7. The standard InChI is InChI=1S/C20H41O5P.C6H14N/c1-2-3-4-5-6-7-8-9-10-11-12-13-14-15-16-17-18-24-19-20-25-26(21,22)23;1-7(2)5-3-4-6-7/h9-10H,2-8,11-20H2,1H3,(H2,21,22,23);3-6H2,1-2H3/q;+1/b10-9-;. The Bertz CT molecular complexity index is 485. The highest BCUT2D eigenvalue weighted by Gasteiger charge is 2.19. The molecule has 1 rings (SSSR count). The smallest absolute Gasteiger partial charge is 0.379 e. The first-order chi connectivity index (χ1) is 15.8. The maximum atomic E-state index is 10.4. The third-order valence-corrected chi connectivity index (χ3v) is 6.58. The second-order valence-electron chi connectivity index (χ2n) is 9.96. The van der Waals surface area contributed by atoms with Gasteiger partial charge in [0.2, 0.25) is 0 Å². The highest BCUT2D eigenvalue weighted by molar-refractivity contribution is 7.46. The van der Waals surface area contributed by atoms with Crippen molar-refractivity contribution in [2.45, 2.75) is 110 Å². The molecule has 1 fully saturated rings. The molecule has 1 heterocycles. The molecule has 33 heavy (non-hydrogen) atoms. The van der Waals surface area contributed by atoms with Crippen molar-refractivity contribution in [3.05, 3.63) is 12.2 Å². The van der Waals surface area contributed by atoms with Crippen LogP contribution in [0.1, 0.15) is 110 Å². The van der Waals surface area contributed by atoms with Gasteiger partial charge in [0.1, 0.15) is 0 Å². The van der Waals surface area contributed by atoms with Gasteiger partial charge in [0, 0.05) is 19.4 Å². The lowest BCUT2D eigenvalue weighted by Crippen LogP contribution is -2.35. The van der Waals surface area contributed by atoms with Gasteiger partial charge in [-0.1, -0.05) is 76.9 Å². The van der Waals surface area contributed by atoms with E-state index in [0.29, 0.717) is 6.61 Å². The summed E-state index contributed by atoms with van der Waals surface area (Å²) in [5, 5.41) is 0. The Kier molecular flexibility index (Phi) is 22.1. The molecular formula is C26H55NO5P+. The summed E-state index contributed by atoms with van der Waals surface area (Å²) in [6.07, 6.45) is 25.5. The van der Waals surface area contributed by atoms with Gasteiger partial charge < -0.3 is 19.0 Å². The van der Waals surface area contributed by atoms with E-state index in [1.165, 1.54) is 107 Å². The summed E-state index contributed by atoms with van der Waals surface area (Å²) < 4.78 is 21.3. The number of allylic oxidation sites excluding steroid dienone is 2. The quantitative estimate of drug-likeness (QED) is 0.0827. The maximum absolute atomic E-state index is 10.4. The van der Waals surface area contributed by atoms with E-state index in [1.54, 1.807) is 0 Å². The predicted molar refractivity (Wildman–Crippen MR) is 139 cm³/mol. The summed E-state index contributed by atoms with van der Waals surface area (Å²) >= 11 is 0. The van der Waals surface area contributed by atoms with Gasteiger partial charge in [-0.15, -0.1) is 0 Å². The number of hydrogen-bond acceptors (Lipinski definition) is 3. The molecule has 0 aromatic rings. The summed E-state index contributed by atoms with van der Waals surface area (Å²) in [5.41, 5.74) is 0. The van der Waals surface area contributed by atoms with Crippen LogP contribution >= 0.6 is 7.82 Å². The zero-order valence-electron chi connectivity index (χ0n) is 22.0. The average Bonchev–Trinajstić information content (AvgIpc) is 3.16. The predicted octanol–water partition coefficient (Wildman–Crippen LogP) is 7.01. The van der Waals surface area contributed by atoms with E-state index in [0.717, 1.165) is 12.8 Å². The number of unbranched alkanes of at least 4 members (excludes halogenated alkanes) is 12. The Labute approximate surface area is 205 Å². The lowest BCUT2D eigenvalue weighted by atomic mass is 10.1. The van der Waals surface area contributed by atoms with Crippen molar-refractivity contribution < 1.29 is 28.1 Å². The molecule has 0 aromatic carbocycles. The SMILES string of the molecule is CCCCCCCC/C=C\CCCCCCCCOCCOP(=O)(O)O.C[N+]1(C)CCCC1. The molecule has 6 nitrogen and oxygen atoms in total. The molecule has 2 N–H and O–H groups in total. The van der Waals surface area contributed by atoms with E-state index in [2.05, 4.69) is 37.7 Å². The van der Waals surface area contributed by atoms with E-state index in [4.69, 9.17) is 14.5 Å². The molecule has 7 heteroatoms. The Morgan fingerprint density at radius 3 is 1.67 bits per heavy atom. The highest BCUT2D eigenvalue weighted by atomic mass is 31.2. The number of phosphoric ester groups is 1. The third kappa shape index (κ3) is 27.9. The second kappa shape index (κ2) is 22.2. The van der Waals surface area contributed by atoms with Gasteiger partial charge in [-0.05, 0) is 32.1 Å². The van der Waals surface area contributed by atoms with E-state index >= 15 is 0 Å². The molecule has 1 saturated heterocycles. The number of hydrogen-bond donors (Lipinski definition) is 2. The molecule has 1 aliphatic rings. The molecule has 1 aliphatic heterocycles. The van der Waals surface area contributed by atoms with Crippen LogP contribution in [0.4, 0.5) is 0 Å². The number of quaternary nitrogens is 1. The maximum Gasteiger partial charge on any atom is 0.469 e. The van der Waals surface area contributed by atoms with Crippen LogP contribution in [0.15, 0.2) is 12.2 Å². The van der Waals surface area contributed by atoms with Crippen molar-refractivity contribution in [2.24, 2.45) is 0 Å². The van der Waals surface area contributed by atoms with Crippen molar-refractivity contribution in [1.82, 2.24) is 0 Å². The fraction of sp³-hybridized carbons (Fsp3) is 0.923. The van der Waals surface area contributed by atoms with Crippen molar-refractivity contribution in [2.75, 3.05) is 47.0 Å². The lowest BCUT2D eigenvalue weighted by molar-refractivity contribution is -0.877. The number of likely N-dealkylation sites (tertiary alicyclic amines) is 1. The van der Waals surface area contributed by atoms with Crippen molar-refractivity contribution in [3.8, 4) is 0 Å². The molecule has 0 bridgehead atoms. The molecule has 0 unspecified atom stereocenters. The number of ether oxygens (including phenoxy) is 1. The van der Waals surface area contributed by atoms with Crippen LogP contribution in [-0.4, -0.2) is 61.3 Å². The van der Waals surface area contributed by atoms with E-state index in [9.17, 15) is 4.57 Å². The van der Waals surface area contributed by atoms with E-state index in [1.807, 2.05) is 0 Å². The minimum Gasteiger partial charge on any atom is -0.379 e. The second-order valence-corrected chi connectivity index (χ2v) is 11.2. The van der Waals surface area contributed by atoms with Gasteiger partial charge in [-0.2, -0.15) is 0 Å². The molecule has 0 aliphatic carbocycles. The van der Waals surface area contributed by atoms with Crippen LogP contribution in [0.5, 0.6) is 0 Å². The first kappa shape index (κ1) is 32.8. The summed E-state index contributed by atoms with van der Waals surface area (Å²) in [4.78, 5) is 17.0. The minimum atomic E-state index is -4.34. The number of nitrogens with zero attached hydrogens (tertiary/aromatic N) is 1. The lowest BCUT2D eigenvalue weighted by Gasteiger charge is -2.21. The summed E-state index contributed by atoms with van der Waals surface area (Å²) in [7, 11) is 0.253.